The summed E-state index contributed by atoms with van der Waals surface area (Å²) in [5.41, 5.74) is 3.88. The molecule has 3 N–H and O–H groups in total. The standard InChI is InChI=1S/C22H18F3N3O4S/c23-22(24,25)15-7-6-8-16(13-15)28(33(31,32)17-9-2-1-3-10-17)14-20(29)27-19-12-5-4-11-18(19)21(26)30/h1-13H,14H2,(H2,26,30)(H,27,29). The minimum atomic E-state index is -4.72. The Bertz CT molecular complexity index is 1280. The average molecular weight is 477 g/mol. The molecule has 3 aromatic carbocycles. The molecule has 0 radical (unpaired) electrons. The van der Waals surface area contributed by atoms with E-state index in [1.807, 2.05) is 0 Å². The summed E-state index contributed by atoms with van der Waals surface area (Å²) in [6, 6.07) is 16.4. The fraction of sp³-hybridized carbons (Fsp3) is 0.0909. The highest BCUT2D eigenvalue weighted by Gasteiger charge is 2.33. The lowest BCUT2D eigenvalue weighted by atomic mass is 10.1. The molecular weight excluding hydrogens is 459 g/mol. The lowest BCUT2D eigenvalue weighted by molar-refractivity contribution is -0.137. The molecule has 172 valence electrons. The summed E-state index contributed by atoms with van der Waals surface area (Å²) in [6.45, 7) is -0.856. The lowest BCUT2D eigenvalue weighted by Gasteiger charge is -2.25. The predicted molar refractivity (Wildman–Crippen MR) is 116 cm³/mol. The minimum Gasteiger partial charge on any atom is -0.366 e. The van der Waals surface area contributed by atoms with Crippen LogP contribution in [0.3, 0.4) is 0 Å². The Morgan fingerprint density at radius 3 is 2.18 bits per heavy atom. The van der Waals surface area contributed by atoms with Gasteiger partial charge in [0.2, 0.25) is 5.91 Å². The third-order valence-electron chi connectivity index (χ3n) is 4.55. The number of carbonyl (C=O) groups is 2. The zero-order valence-electron chi connectivity index (χ0n) is 16.9. The lowest BCUT2D eigenvalue weighted by Crippen LogP contribution is -2.38. The van der Waals surface area contributed by atoms with E-state index in [2.05, 4.69) is 5.32 Å². The van der Waals surface area contributed by atoms with Gasteiger partial charge in [0.1, 0.15) is 6.54 Å². The summed E-state index contributed by atoms with van der Waals surface area (Å²) in [5.74, 6) is -1.71. The summed E-state index contributed by atoms with van der Waals surface area (Å²) in [4.78, 5) is 24.1. The smallest absolute Gasteiger partial charge is 0.366 e. The van der Waals surface area contributed by atoms with Crippen molar-refractivity contribution in [3.63, 3.8) is 0 Å². The van der Waals surface area contributed by atoms with Crippen molar-refractivity contribution < 1.29 is 31.2 Å². The van der Waals surface area contributed by atoms with E-state index in [-0.39, 0.29) is 21.8 Å². The van der Waals surface area contributed by atoms with Crippen molar-refractivity contribution in [2.24, 2.45) is 5.73 Å². The van der Waals surface area contributed by atoms with Crippen molar-refractivity contribution >= 4 is 33.2 Å². The van der Waals surface area contributed by atoms with Gasteiger partial charge in [0.25, 0.3) is 15.9 Å². The van der Waals surface area contributed by atoms with Crippen molar-refractivity contribution in [3.8, 4) is 0 Å². The van der Waals surface area contributed by atoms with E-state index in [4.69, 9.17) is 5.73 Å². The second kappa shape index (κ2) is 9.33. The van der Waals surface area contributed by atoms with Gasteiger partial charge in [-0.3, -0.25) is 13.9 Å². The Hall–Kier alpha value is -3.86. The summed E-state index contributed by atoms with van der Waals surface area (Å²) in [7, 11) is -4.42. The summed E-state index contributed by atoms with van der Waals surface area (Å²) in [5, 5.41) is 2.39. The van der Waals surface area contributed by atoms with Gasteiger partial charge < -0.3 is 11.1 Å². The molecule has 0 aliphatic carbocycles. The Labute approximate surface area is 187 Å². The van der Waals surface area contributed by atoms with Crippen LogP contribution in [-0.4, -0.2) is 26.8 Å². The molecule has 0 fully saturated rings. The fourth-order valence-electron chi connectivity index (χ4n) is 3.00. The third-order valence-corrected chi connectivity index (χ3v) is 6.33. The number of nitrogens with one attached hydrogen (secondary N) is 1. The van der Waals surface area contributed by atoms with Gasteiger partial charge >= 0.3 is 6.18 Å². The molecule has 0 aliphatic rings. The molecule has 0 aliphatic heterocycles. The van der Waals surface area contributed by atoms with Crippen molar-refractivity contribution in [2.75, 3.05) is 16.2 Å². The number of rotatable bonds is 7. The van der Waals surface area contributed by atoms with Gasteiger partial charge in [0.05, 0.1) is 27.4 Å². The van der Waals surface area contributed by atoms with E-state index in [1.165, 1.54) is 48.5 Å². The number of alkyl halides is 3. The van der Waals surface area contributed by atoms with Crippen LogP contribution in [0.25, 0.3) is 0 Å². The number of hydrogen-bond donors (Lipinski definition) is 2. The van der Waals surface area contributed by atoms with Gasteiger partial charge in [-0.2, -0.15) is 13.2 Å². The van der Waals surface area contributed by atoms with Crippen molar-refractivity contribution in [2.45, 2.75) is 11.1 Å². The van der Waals surface area contributed by atoms with Crippen LogP contribution in [-0.2, 0) is 21.0 Å². The number of hydrogen-bond acceptors (Lipinski definition) is 4. The van der Waals surface area contributed by atoms with Crippen molar-refractivity contribution in [1.82, 2.24) is 0 Å². The number of anilines is 2. The van der Waals surface area contributed by atoms with Gasteiger partial charge in [0.15, 0.2) is 0 Å². The number of halogens is 3. The largest absolute Gasteiger partial charge is 0.416 e. The Morgan fingerprint density at radius 2 is 1.55 bits per heavy atom. The number of para-hydroxylation sites is 1. The SMILES string of the molecule is NC(=O)c1ccccc1NC(=O)CN(c1cccc(C(F)(F)F)c1)S(=O)(=O)c1ccccc1. The average Bonchev–Trinajstić information content (AvgIpc) is 2.77. The number of nitrogens with two attached hydrogens (primary N) is 1. The van der Waals surface area contributed by atoms with Gasteiger partial charge in [-0.05, 0) is 42.5 Å². The maximum absolute atomic E-state index is 13.2. The number of primary amides is 1. The molecule has 3 aromatic rings. The zero-order valence-corrected chi connectivity index (χ0v) is 17.7. The number of amides is 2. The molecule has 7 nitrogen and oxygen atoms in total. The fourth-order valence-corrected chi connectivity index (χ4v) is 4.43. The summed E-state index contributed by atoms with van der Waals surface area (Å²) < 4.78 is 66.8. The maximum Gasteiger partial charge on any atom is 0.416 e. The molecular formula is C22H18F3N3O4S. The number of nitrogens with zero attached hydrogens (tertiary/aromatic N) is 1. The highest BCUT2D eigenvalue weighted by molar-refractivity contribution is 7.92. The Morgan fingerprint density at radius 1 is 0.909 bits per heavy atom. The normalized spacial score (nSPS) is 11.6. The van der Waals surface area contributed by atoms with E-state index in [1.54, 1.807) is 6.07 Å². The van der Waals surface area contributed by atoms with Crippen LogP contribution in [0.15, 0.2) is 83.8 Å². The van der Waals surface area contributed by atoms with Crippen molar-refractivity contribution in [1.29, 1.82) is 0 Å². The maximum atomic E-state index is 13.2. The number of benzene rings is 3. The molecule has 0 aromatic heterocycles. The molecule has 0 bridgehead atoms. The molecule has 0 heterocycles. The first-order chi connectivity index (χ1) is 15.5. The van der Waals surface area contributed by atoms with Crippen LogP contribution in [0.4, 0.5) is 24.5 Å². The minimum absolute atomic E-state index is 0.0117. The zero-order chi connectivity index (χ0) is 24.2. The van der Waals surface area contributed by atoms with E-state index in [0.717, 1.165) is 18.2 Å². The molecule has 2 amide bonds. The Kier molecular flexibility index (Phi) is 6.73. The highest BCUT2D eigenvalue weighted by atomic mass is 32.2. The van der Waals surface area contributed by atoms with Gasteiger partial charge in [-0.1, -0.05) is 36.4 Å². The van der Waals surface area contributed by atoms with Crippen LogP contribution in [0.5, 0.6) is 0 Å². The van der Waals surface area contributed by atoms with Gasteiger partial charge in [-0.15, -0.1) is 0 Å². The van der Waals surface area contributed by atoms with E-state index in [0.29, 0.717) is 10.4 Å². The molecule has 3 rings (SSSR count). The third kappa shape index (κ3) is 5.50. The molecule has 33 heavy (non-hydrogen) atoms. The predicted octanol–water partition coefficient (Wildman–Crippen LogP) is 3.64. The van der Waals surface area contributed by atoms with E-state index < -0.39 is 40.1 Å². The van der Waals surface area contributed by atoms with Crippen LogP contribution in [0.2, 0.25) is 0 Å². The first-order valence-corrected chi connectivity index (χ1v) is 10.9. The molecule has 0 atom stereocenters. The molecule has 0 saturated carbocycles. The number of sulfonamides is 1. The first kappa shape index (κ1) is 23.8. The summed E-state index contributed by atoms with van der Waals surface area (Å²) in [6.07, 6.45) is -4.72. The van der Waals surface area contributed by atoms with Crippen LogP contribution < -0.4 is 15.4 Å². The van der Waals surface area contributed by atoms with Crippen LogP contribution >= 0.6 is 0 Å². The molecule has 11 heteroatoms. The van der Waals surface area contributed by atoms with Gasteiger partial charge in [-0.25, -0.2) is 8.42 Å². The first-order valence-electron chi connectivity index (χ1n) is 9.44. The molecule has 0 unspecified atom stereocenters. The van der Waals surface area contributed by atoms with Crippen LogP contribution in [0, 0.1) is 0 Å². The van der Waals surface area contributed by atoms with E-state index in [9.17, 15) is 31.2 Å². The quantitative estimate of drug-likeness (QED) is 0.541. The van der Waals surface area contributed by atoms with Crippen LogP contribution in [0.1, 0.15) is 15.9 Å². The van der Waals surface area contributed by atoms with Crippen molar-refractivity contribution in [3.05, 3.63) is 90.0 Å². The van der Waals surface area contributed by atoms with E-state index >= 15 is 0 Å². The topological polar surface area (TPSA) is 110 Å². The monoisotopic (exact) mass is 477 g/mol. The second-order valence-corrected chi connectivity index (χ2v) is 8.69. The molecule has 0 saturated heterocycles. The summed E-state index contributed by atoms with van der Waals surface area (Å²) >= 11 is 0. The second-order valence-electron chi connectivity index (χ2n) is 6.83. The Balaban J connectivity index is 2.02. The highest BCUT2D eigenvalue weighted by Crippen LogP contribution is 2.33. The van der Waals surface area contributed by atoms with Gasteiger partial charge in [0, 0.05) is 0 Å². The molecule has 0 spiro atoms. The number of carbonyl (C=O) groups excluding carboxylic acids is 2.